The van der Waals surface area contributed by atoms with Crippen molar-refractivity contribution in [3.63, 3.8) is 0 Å². The molecule has 0 spiro atoms. The predicted molar refractivity (Wildman–Crippen MR) is 80.0 cm³/mol. The summed E-state index contributed by atoms with van der Waals surface area (Å²) in [5.41, 5.74) is 0.833. The normalized spacial score (nSPS) is 16.6. The third kappa shape index (κ3) is 2.43. The largest absolute Gasteiger partial charge is 0.312 e. The Labute approximate surface area is 126 Å². The van der Waals surface area contributed by atoms with Gasteiger partial charge in [-0.25, -0.2) is 9.37 Å². The number of halogens is 1. The van der Waals surface area contributed by atoms with Gasteiger partial charge in [-0.1, -0.05) is 18.2 Å². The summed E-state index contributed by atoms with van der Waals surface area (Å²) in [5, 5.41) is 2.64. The van der Waals surface area contributed by atoms with Gasteiger partial charge in [0.25, 0.3) is 0 Å². The summed E-state index contributed by atoms with van der Waals surface area (Å²) in [6.07, 6.45) is 1.57. The Morgan fingerprint density at radius 1 is 1.32 bits per heavy atom. The van der Waals surface area contributed by atoms with Crippen LogP contribution in [0.1, 0.15) is 17.9 Å². The summed E-state index contributed by atoms with van der Waals surface area (Å²) in [6.45, 7) is 0. The van der Waals surface area contributed by atoms with E-state index in [1.807, 2.05) is 0 Å². The Hall–Kier alpha value is -2.76. The molecule has 1 atom stereocenters. The number of pyridine rings is 1. The second kappa shape index (κ2) is 5.55. The van der Waals surface area contributed by atoms with Gasteiger partial charge in [0.1, 0.15) is 11.6 Å². The molecule has 0 fully saturated rings. The van der Waals surface area contributed by atoms with Gasteiger partial charge in [0.15, 0.2) is 0 Å². The second-order valence-corrected chi connectivity index (χ2v) is 5.09. The number of anilines is 2. The number of likely N-dealkylation sites (N-methyl/N-ethyl adjacent to an activating group) is 1. The molecular weight excluding hydrogens is 285 g/mol. The van der Waals surface area contributed by atoms with Gasteiger partial charge in [-0.15, -0.1) is 0 Å². The molecule has 0 aliphatic carbocycles. The van der Waals surface area contributed by atoms with E-state index in [1.165, 1.54) is 24.1 Å². The van der Waals surface area contributed by atoms with Gasteiger partial charge in [0.2, 0.25) is 11.8 Å². The first kappa shape index (κ1) is 14.2. The van der Waals surface area contributed by atoms with Crippen LogP contribution in [0.5, 0.6) is 0 Å². The summed E-state index contributed by atoms with van der Waals surface area (Å²) < 4.78 is 13.9. The van der Waals surface area contributed by atoms with E-state index in [0.717, 1.165) is 0 Å². The van der Waals surface area contributed by atoms with Crippen LogP contribution in [-0.4, -0.2) is 23.8 Å². The fourth-order valence-electron chi connectivity index (χ4n) is 2.58. The van der Waals surface area contributed by atoms with Crippen LogP contribution in [0.25, 0.3) is 0 Å². The third-order valence-electron chi connectivity index (χ3n) is 3.70. The molecule has 0 saturated carbocycles. The average molecular weight is 299 g/mol. The quantitative estimate of drug-likeness (QED) is 0.925. The molecule has 0 radical (unpaired) electrons. The Kier molecular flexibility index (Phi) is 3.58. The molecule has 22 heavy (non-hydrogen) atoms. The first-order valence-corrected chi connectivity index (χ1v) is 6.85. The number of fused-ring (bicyclic) bond motifs is 1. The second-order valence-electron chi connectivity index (χ2n) is 5.09. The highest BCUT2D eigenvalue weighted by molar-refractivity contribution is 6.05. The summed E-state index contributed by atoms with van der Waals surface area (Å²) in [7, 11) is 1.50. The molecule has 5 nitrogen and oxygen atoms in total. The van der Waals surface area contributed by atoms with Gasteiger partial charge in [0.05, 0.1) is 11.6 Å². The van der Waals surface area contributed by atoms with Crippen LogP contribution in [0.3, 0.4) is 0 Å². The van der Waals surface area contributed by atoms with Crippen molar-refractivity contribution in [2.24, 2.45) is 0 Å². The lowest BCUT2D eigenvalue weighted by Crippen LogP contribution is -2.37. The minimum absolute atomic E-state index is 0.0241. The SMILES string of the molecule is CN(C(=O)C1CC(=O)Nc2ncccc21)c1ccccc1F. The number of hydrogen-bond donors (Lipinski definition) is 1. The van der Waals surface area contributed by atoms with Gasteiger partial charge >= 0.3 is 0 Å². The van der Waals surface area contributed by atoms with Crippen molar-refractivity contribution in [2.75, 3.05) is 17.3 Å². The summed E-state index contributed by atoms with van der Waals surface area (Å²) in [4.78, 5) is 29.8. The van der Waals surface area contributed by atoms with Crippen molar-refractivity contribution >= 4 is 23.3 Å². The fourth-order valence-corrected chi connectivity index (χ4v) is 2.58. The number of para-hydroxylation sites is 1. The number of aromatic nitrogens is 1. The fraction of sp³-hybridized carbons (Fsp3) is 0.188. The zero-order valence-corrected chi connectivity index (χ0v) is 11.9. The molecule has 1 aromatic carbocycles. The van der Waals surface area contributed by atoms with Gasteiger partial charge in [-0.2, -0.15) is 0 Å². The molecule has 1 unspecified atom stereocenters. The molecule has 2 amide bonds. The number of benzene rings is 1. The Bertz CT molecular complexity index is 748. The maximum absolute atomic E-state index is 13.9. The first-order valence-electron chi connectivity index (χ1n) is 6.85. The lowest BCUT2D eigenvalue weighted by Gasteiger charge is -2.28. The van der Waals surface area contributed by atoms with Crippen molar-refractivity contribution in [3.8, 4) is 0 Å². The van der Waals surface area contributed by atoms with Crippen molar-refractivity contribution in [1.82, 2.24) is 4.98 Å². The summed E-state index contributed by atoms with van der Waals surface area (Å²) in [5.74, 6) is -1.37. The van der Waals surface area contributed by atoms with Crippen molar-refractivity contribution < 1.29 is 14.0 Å². The smallest absolute Gasteiger partial charge is 0.235 e. The van der Waals surface area contributed by atoms with Gasteiger partial charge in [-0.05, 0) is 18.2 Å². The number of hydrogen-bond acceptors (Lipinski definition) is 3. The third-order valence-corrected chi connectivity index (χ3v) is 3.70. The van der Waals surface area contributed by atoms with Gasteiger partial charge in [-0.3, -0.25) is 9.59 Å². The molecule has 0 bridgehead atoms. The maximum Gasteiger partial charge on any atom is 0.235 e. The van der Waals surface area contributed by atoms with Crippen LogP contribution in [0.4, 0.5) is 15.9 Å². The summed E-state index contributed by atoms with van der Waals surface area (Å²) in [6, 6.07) is 9.50. The standard InChI is InChI=1S/C16H14FN3O2/c1-20(13-7-3-2-6-12(13)17)16(22)11-9-14(21)19-15-10(11)5-4-8-18-15/h2-8,11H,9H2,1H3,(H,18,19,21). The molecule has 0 saturated heterocycles. The van der Waals surface area contributed by atoms with E-state index in [9.17, 15) is 14.0 Å². The van der Waals surface area contributed by atoms with E-state index in [2.05, 4.69) is 10.3 Å². The molecule has 1 aliphatic heterocycles. The highest BCUT2D eigenvalue weighted by Gasteiger charge is 2.33. The molecule has 2 aromatic rings. The van der Waals surface area contributed by atoms with Crippen LogP contribution < -0.4 is 10.2 Å². The van der Waals surface area contributed by atoms with E-state index in [0.29, 0.717) is 11.4 Å². The molecular formula is C16H14FN3O2. The number of amides is 2. The molecule has 3 rings (SSSR count). The minimum Gasteiger partial charge on any atom is -0.312 e. The lowest BCUT2D eigenvalue weighted by atomic mass is 9.91. The predicted octanol–water partition coefficient (Wildman–Crippen LogP) is 2.31. The molecule has 1 N–H and O–H groups in total. The van der Waals surface area contributed by atoms with Crippen LogP contribution in [0, 0.1) is 5.82 Å². The van der Waals surface area contributed by atoms with Gasteiger partial charge < -0.3 is 10.2 Å². The number of nitrogens with zero attached hydrogens (tertiary/aromatic N) is 2. The Morgan fingerprint density at radius 3 is 2.86 bits per heavy atom. The van der Waals surface area contributed by atoms with E-state index in [1.54, 1.807) is 30.5 Å². The van der Waals surface area contributed by atoms with Crippen LogP contribution in [-0.2, 0) is 9.59 Å². The number of carbonyl (C=O) groups excluding carboxylic acids is 2. The maximum atomic E-state index is 13.9. The number of nitrogens with one attached hydrogen (secondary N) is 1. The summed E-state index contributed by atoms with van der Waals surface area (Å²) >= 11 is 0. The minimum atomic E-state index is -0.665. The highest BCUT2D eigenvalue weighted by Crippen LogP contribution is 2.33. The van der Waals surface area contributed by atoms with Crippen LogP contribution in [0.2, 0.25) is 0 Å². The van der Waals surface area contributed by atoms with Crippen molar-refractivity contribution in [1.29, 1.82) is 0 Å². The molecule has 6 heteroatoms. The van der Waals surface area contributed by atoms with E-state index in [-0.39, 0.29) is 23.9 Å². The Morgan fingerprint density at radius 2 is 2.09 bits per heavy atom. The topological polar surface area (TPSA) is 62.3 Å². The molecule has 112 valence electrons. The van der Waals surface area contributed by atoms with Crippen molar-refractivity contribution in [3.05, 3.63) is 54.0 Å². The van der Waals surface area contributed by atoms with Crippen LogP contribution >= 0.6 is 0 Å². The van der Waals surface area contributed by atoms with E-state index >= 15 is 0 Å². The zero-order chi connectivity index (χ0) is 15.7. The molecule has 1 aromatic heterocycles. The van der Waals surface area contributed by atoms with Crippen LogP contribution in [0.15, 0.2) is 42.6 Å². The highest BCUT2D eigenvalue weighted by atomic mass is 19.1. The molecule has 1 aliphatic rings. The van der Waals surface area contributed by atoms with Crippen molar-refractivity contribution in [2.45, 2.75) is 12.3 Å². The van der Waals surface area contributed by atoms with E-state index < -0.39 is 11.7 Å². The monoisotopic (exact) mass is 299 g/mol. The number of carbonyl (C=O) groups is 2. The average Bonchev–Trinajstić information content (AvgIpc) is 2.53. The zero-order valence-electron chi connectivity index (χ0n) is 11.9. The Balaban J connectivity index is 1.96. The number of rotatable bonds is 2. The lowest BCUT2D eigenvalue weighted by molar-refractivity contribution is -0.124. The molecule has 2 heterocycles. The first-order chi connectivity index (χ1) is 10.6. The van der Waals surface area contributed by atoms with E-state index in [4.69, 9.17) is 0 Å². The van der Waals surface area contributed by atoms with Gasteiger partial charge in [0, 0.05) is 25.2 Å².